The van der Waals surface area contributed by atoms with Crippen LogP contribution in [0, 0.1) is 5.92 Å². The van der Waals surface area contributed by atoms with E-state index < -0.39 is 0 Å². The third kappa shape index (κ3) is 2.13. The van der Waals surface area contributed by atoms with Gasteiger partial charge >= 0.3 is 0 Å². The summed E-state index contributed by atoms with van der Waals surface area (Å²) in [7, 11) is 1.89. The SMILES string of the molecule is CCc1nn(C)c2c1nc(N)n2CCNC(=O)C1CC1. The van der Waals surface area contributed by atoms with Crippen LogP contribution in [0.5, 0.6) is 0 Å². The maximum atomic E-state index is 11.6. The molecule has 1 saturated carbocycles. The fourth-order valence-electron chi connectivity index (χ4n) is 2.50. The molecule has 0 atom stereocenters. The van der Waals surface area contributed by atoms with Gasteiger partial charge in [-0.3, -0.25) is 14.0 Å². The van der Waals surface area contributed by atoms with Crippen molar-refractivity contribution in [2.45, 2.75) is 32.7 Å². The van der Waals surface area contributed by atoms with Crippen molar-refractivity contribution in [2.75, 3.05) is 12.3 Å². The van der Waals surface area contributed by atoms with Crippen LogP contribution in [0.3, 0.4) is 0 Å². The molecule has 1 aliphatic rings. The number of carbonyl (C=O) groups is 1. The van der Waals surface area contributed by atoms with Gasteiger partial charge in [-0.2, -0.15) is 5.10 Å². The third-order valence-corrected chi connectivity index (χ3v) is 3.74. The minimum atomic E-state index is 0.152. The smallest absolute Gasteiger partial charge is 0.223 e. The molecule has 0 aliphatic heterocycles. The van der Waals surface area contributed by atoms with Crippen molar-refractivity contribution in [3.63, 3.8) is 0 Å². The van der Waals surface area contributed by atoms with E-state index in [0.717, 1.165) is 36.1 Å². The van der Waals surface area contributed by atoms with Gasteiger partial charge in [0, 0.05) is 26.1 Å². The fourth-order valence-corrected chi connectivity index (χ4v) is 2.50. The molecule has 0 spiro atoms. The predicted molar refractivity (Wildman–Crippen MR) is 76.0 cm³/mol. The van der Waals surface area contributed by atoms with Crippen LogP contribution < -0.4 is 11.1 Å². The summed E-state index contributed by atoms with van der Waals surface area (Å²) in [6.45, 7) is 3.23. The number of rotatable bonds is 5. The van der Waals surface area contributed by atoms with Gasteiger partial charge in [0.2, 0.25) is 11.9 Å². The van der Waals surface area contributed by atoms with Crippen LogP contribution in [0.25, 0.3) is 11.2 Å². The number of hydrogen-bond donors (Lipinski definition) is 2. The zero-order valence-corrected chi connectivity index (χ0v) is 11.9. The number of anilines is 1. The summed E-state index contributed by atoms with van der Waals surface area (Å²) in [5, 5.41) is 7.38. The summed E-state index contributed by atoms with van der Waals surface area (Å²) in [6.07, 6.45) is 2.86. The van der Waals surface area contributed by atoms with Crippen LogP contribution in [0.15, 0.2) is 0 Å². The van der Waals surface area contributed by atoms with Gasteiger partial charge in [-0.1, -0.05) is 6.92 Å². The topological polar surface area (TPSA) is 90.8 Å². The number of hydrogen-bond acceptors (Lipinski definition) is 4. The molecule has 0 saturated heterocycles. The highest BCUT2D eigenvalue weighted by molar-refractivity contribution is 5.81. The second kappa shape index (κ2) is 4.81. The van der Waals surface area contributed by atoms with Crippen molar-refractivity contribution in [2.24, 2.45) is 13.0 Å². The van der Waals surface area contributed by atoms with Crippen LogP contribution in [0.4, 0.5) is 5.95 Å². The Labute approximate surface area is 117 Å². The molecule has 20 heavy (non-hydrogen) atoms. The lowest BCUT2D eigenvalue weighted by molar-refractivity contribution is -0.122. The summed E-state index contributed by atoms with van der Waals surface area (Å²) in [6, 6.07) is 0. The first kappa shape index (κ1) is 13.0. The molecule has 7 heteroatoms. The average Bonchev–Trinajstić information content (AvgIpc) is 3.16. The zero-order chi connectivity index (χ0) is 14.3. The summed E-state index contributed by atoms with van der Waals surface area (Å²) in [4.78, 5) is 16.0. The zero-order valence-electron chi connectivity index (χ0n) is 11.9. The van der Waals surface area contributed by atoms with E-state index in [9.17, 15) is 4.79 Å². The summed E-state index contributed by atoms with van der Waals surface area (Å²) >= 11 is 0. The normalized spacial score (nSPS) is 14.9. The number of imidazole rings is 1. The molecule has 1 fully saturated rings. The van der Waals surface area contributed by atoms with Crippen LogP contribution in [0.2, 0.25) is 0 Å². The average molecular weight is 276 g/mol. The van der Waals surface area contributed by atoms with Crippen LogP contribution in [-0.4, -0.2) is 31.8 Å². The highest BCUT2D eigenvalue weighted by Crippen LogP contribution is 2.28. The quantitative estimate of drug-likeness (QED) is 0.829. The molecule has 0 bridgehead atoms. The Kier molecular flexibility index (Phi) is 3.11. The van der Waals surface area contributed by atoms with E-state index in [1.165, 1.54) is 0 Å². The Hall–Kier alpha value is -2.05. The van der Waals surface area contributed by atoms with Crippen molar-refractivity contribution in [3.8, 4) is 0 Å². The van der Waals surface area contributed by atoms with Gasteiger partial charge < -0.3 is 11.1 Å². The second-order valence-electron chi connectivity index (χ2n) is 5.28. The molecule has 7 nitrogen and oxygen atoms in total. The highest BCUT2D eigenvalue weighted by Gasteiger charge is 2.29. The Morgan fingerprint density at radius 1 is 1.50 bits per heavy atom. The molecule has 2 aromatic rings. The van der Waals surface area contributed by atoms with Crippen molar-refractivity contribution < 1.29 is 4.79 Å². The van der Waals surface area contributed by atoms with Crippen LogP contribution >= 0.6 is 0 Å². The second-order valence-corrected chi connectivity index (χ2v) is 5.28. The summed E-state index contributed by atoms with van der Waals surface area (Å²) in [5.41, 5.74) is 8.71. The van der Waals surface area contributed by atoms with E-state index in [1.807, 2.05) is 18.5 Å². The van der Waals surface area contributed by atoms with Crippen LogP contribution in [-0.2, 0) is 24.8 Å². The fraction of sp³-hybridized carbons (Fsp3) is 0.615. The van der Waals surface area contributed by atoms with Crippen molar-refractivity contribution in [3.05, 3.63) is 5.69 Å². The van der Waals surface area contributed by atoms with Crippen molar-refractivity contribution in [1.82, 2.24) is 24.6 Å². The Morgan fingerprint density at radius 3 is 2.90 bits per heavy atom. The standard InChI is InChI=1S/C13H20N6O/c1-3-9-10-12(18(2)17-9)19(13(14)16-10)7-6-15-11(20)8-4-5-8/h8H,3-7H2,1-2H3,(H2,14,16)(H,15,20). The first-order valence-electron chi connectivity index (χ1n) is 7.07. The summed E-state index contributed by atoms with van der Waals surface area (Å²) in [5.74, 6) is 0.862. The number of carbonyl (C=O) groups excluding carboxylic acids is 1. The van der Waals surface area contributed by atoms with E-state index in [4.69, 9.17) is 5.73 Å². The number of aryl methyl sites for hydroxylation is 2. The minimum absolute atomic E-state index is 0.152. The number of nitrogens with one attached hydrogen (secondary N) is 1. The number of aromatic nitrogens is 4. The lowest BCUT2D eigenvalue weighted by Gasteiger charge is -2.08. The first-order chi connectivity index (χ1) is 9.61. The van der Waals surface area contributed by atoms with E-state index in [1.54, 1.807) is 4.68 Å². The molecule has 2 aromatic heterocycles. The van der Waals surface area contributed by atoms with Gasteiger partial charge in [-0.15, -0.1) is 0 Å². The van der Waals surface area contributed by atoms with Gasteiger partial charge in [0.1, 0.15) is 5.52 Å². The van der Waals surface area contributed by atoms with E-state index >= 15 is 0 Å². The van der Waals surface area contributed by atoms with Gasteiger partial charge in [0.05, 0.1) is 5.69 Å². The van der Waals surface area contributed by atoms with Gasteiger partial charge in [-0.05, 0) is 19.3 Å². The van der Waals surface area contributed by atoms with Gasteiger partial charge in [0.25, 0.3) is 0 Å². The largest absolute Gasteiger partial charge is 0.369 e. The Morgan fingerprint density at radius 2 is 2.25 bits per heavy atom. The molecule has 3 N–H and O–H groups in total. The van der Waals surface area contributed by atoms with Gasteiger partial charge in [0.15, 0.2) is 5.65 Å². The molecular formula is C13H20N6O. The van der Waals surface area contributed by atoms with E-state index in [-0.39, 0.29) is 11.8 Å². The Bertz CT molecular complexity index is 651. The maximum absolute atomic E-state index is 11.6. The van der Waals surface area contributed by atoms with Crippen molar-refractivity contribution >= 4 is 23.0 Å². The van der Waals surface area contributed by atoms with Crippen molar-refractivity contribution in [1.29, 1.82) is 0 Å². The third-order valence-electron chi connectivity index (χ3n) is 3.74. The molecule has 0 unspecified atom stereocenters. The molecule has 3 rings (SSSR count). The monoisotopic (exact) mass is 276 g/mol. The highest BCUT2D eigenvalue weighted by atomic mass is 16.2. The van der Waals surface area contributed by atoms with Crippen LogP contribution in [0.1, 0.15) is 25.5 Å². The first-order valence-corrected chi connectivity index (χ1v) is 7.07. The maximum Gasteiger partial charge on any atom is 0.223 e. The molecule has 108 valence electrons. The van der Waals surface area contributed by atoms with Gasteiger partial charge in [-0.25, -0.2) is 4.98 Å². The number of amides is 1. The molecule has 1 aliphatic carbocycles. The molecular weight excluding hydrogens is 256 g/mol. The van der Waals surface area contributed by atoms with E-state index in [0.29, 0.717) is 19.0 Å². The number of nitrogens with two attached hydrogens (primary N) is 1. The Balaban J connectivity index is 1.78. The number of fused-ring (bicyclic) bond motifs is 1. The molecule has 0 radical (unpaired) electrons. The minimum Gasteiger partial charge on any atom is -0.369 e. The van der Waals surface area contributed by atoms with E-state index in [2.05, 4.69) is 15.4 Å². The number of nitrogens with zero attached hydrogens (tertiary/aromatic N) is 4. The summed E-state index contributed by atoms with van der Waals surface area (Å²) < 4.78 is 3.72. The number of nitrogen functional groups attached to an aromatic ring is 1. The molecule has 0 aromatic carbocycles. The lowest BCUT2D eigenvalue weighted by Crippen LogP contribution is -2.28. The molecule has 1 amide bonds. The predicted octanol–water partition coefficient (Wildman–Crippen LogP) is 0.441. The molecule has 2 heterocycles. The lowest BCUT2D eigenvalue weighted by atomic mass is 10.3.